The molecule has 4 heteroatoms. The lowest BCUT2D eigenvalue weighted by Crippen LogP contribution is -2.45. The van der Waals surface area contributed by atoms with Gasteiger partial charge in [0.05, 0.1) is 11.4 Å². The summed E-state index contributed by atoms with van der Waals surface area (Å²) in [7, 11) is 0. The molecular formula is C17H19BrN2O. The van der Waals surface area contributed by atoms with Crippen molar-refractivity contribution < 1.29 is 4.74 Å². The van der Waals surface area contributed by atoms with Gasteiger partial charge in [0.15, 0.2) is 0 Å². The number of pyridine rings is 1. The number of rotatable bonds is 1. The normalized spacial score (nSPS) is 34.0. The van der Waals surface area contributed by atoms with Crippen LogP contribution >= 0.6 is 15.9 Å². The Morgan fingerprint density at radius 2 is 2.24 bits per heavy atom. The quantitative estimate of drug-likeness (QED) is 0.772. The lowest BCUT2D eigenvalue weighted by molar-refractivity contribution is -0.0443. The van der Waals surface area contributed by atoms with E-state index in [2.05, 4.69) is 56.6 Å². The molecular weight excluding hydrogens is 328 g/mol. The van der Waals surface area contributed by atoms with Crippen LogP contribution in [0, 0.1) is 11.8 Å². The van der Waals surface area contributed by atoms with Crippen LogP contribution < -0.4 is 5.32 Å². The van der Waals surface area contributed by atoms with Crippen molar-refractivity contribution in [2.24, 2.45) is 11.8 Å². The summed E-state index contributed by atoms with van der Waals surface area (Å²) in [6.45, 7) is 0.849. The Labute approximate surface area is 133 Å². The van der Waals surface area contributed by atoms with E-state index < -0.39 is 0 Å². The number of nitrogens with zero attached hydrogens (tertiary/aromatic N) is 1. The van der Waals surface area contributed by atoms with E-state index >= 15 is 0 Å². The third-order valence-corrected chi connectivity index (χ3v) is 5.23. The topological polar surface area (TPSA) is 34.1 Å². The summed E-state index contributed by atoms with van der Waals surface area (Å²) in [5, 5.41) is 3.74. The van der Waals surface area contributed by atoms with E-state index in [0.29, 0.717) is 17.9 Å². The zero-order valence-corrected chi connectivity index (χ0v) is 13.4. The number of nitrogens with one attached hydrogen (secondary N) is 1. The zero-order chi connectivity index (χ0) is 14.2. The average Bonchev–Trinajstić information content (AvgIpc) is 2.55. The van der Waals surface area contributed by atoms with Gasteiger partial charge in [-0.05, 0) is 47.3 Å². The maximum absolute atomic E-state index is 6.12. The van der Waals surface area contributed by atoms with Gasteiger partial charge in [0, 0.05) is 24.5 Å². The van der Waals surface area contributed by atoms with Crippen molar-refractivity contribution in [3.63, 3.8) is 0 Å². The van der Waals surface area contributed by atoms with Gasteiger partial charge in [0.2, 0.25) is 0 Å². The van der Waals surface area contributed by atoms with E-state index in [1.54, 1.807) is 0 Å². The van der Waals surface area contributed by atoms with Crippen LogP contribution in [0.2, 0.25) is 0 Å². The molecule has 3 heterocycles. The van der Waals surface area contributed by atoms with Crippen LogP contribution in [0.25, 0.3) is 0 Å². The van der Waals surface area contributed by atoms with E-state index in [1.807, 2.05) is 6.07 Å². The van der Waals surface area contributed by atoms with Gasteiger partial charge in [-0.25, -0.2) is 4.98 Å². The number of fused-ring (bicyclic) bond motifs is 3. The Morgan fingerprint density at radius 3 is 3.10 bits per heavy atom. The molecule has 1 saturated heterocycles. The second-order valence-electron chi connectivity index (χ2n) is 6.05. The lowest BCUT2D eigenvalue weighted by atomic mass is 9.75. The number of allylic oxidation sites excluding steroid dienone is 3. The van der Waals surface area contributed by atoms with Crippen molar-refractivity contribution in [3.8, 4) is 0 Å². The Morgan fingerprint density at radius 1 is 1.29 bits per heavy atom. The third kappa shape index (κ3) is 2.44. The molecule has 4 rings (SSSR count). The highest BCUT2D eigenvalue weighted by Crippen LogP contribution is 2.46. The maximum Gasteiger partial charge on any atom is 0.106 e. The van der Waals surface area contributed by atoms with E-state index in [9.17, 15) is 0 Å². The number of halogens is 1. The molecule has 0 amide bonds. The van der Waals surface area contributed by atoms with Crippen molar-refractivity contribution in [3.05, 3.63) is 46.7 Å². The Kier molecular flexibility index (Phi) is 3.59. The SMILES string of the molecule is Brc1ccc2c(n1)[C@H]1OCCC[C@H]1[C@H](C1C=CC=CC1)N2. The minimum absolute atomic E-state index is 0.136. The monoisotopic (exact) mass is 346 g/mol. The second kappa shape index (κ2) is 5.58. The van der Waals surface area contributed by atoms with Crippen LogP contribution in [-0.2, 0) is 4.74 Å². The fourth-order valence-electron chi connectivity index (χ4n) is 3.82. The molecule has 3 nitrogen and oxygen atoms in total. The van der Waals surface area contributed by atoms with Crippen LogP contribution in [0.15, 0.2) is 41.0 Å². The van der Waals surface area contributed by atoms with Crippen molar-refractivity contribution in [1.29, 1.82) is 0 Å². The molecule has 0 radical (unpaired) electrons. The smallest absolute Gasteiger partial charge is 0.106 e. The summed E-state index contributed by atoms with van der Waals surface area (Å²) in [5.74, 6) is 1.05. The molecule has 0 aromatic carbocycles. The van der Waals surface area contributed by atoms with Crippen LogP contribution in [0.3, 0.4) is 0 Å². The van der Waals surface area contributed by atoms with E-state index in [0.717, 1.165) is 35.4 Å². The molecule has 1 aromatic heterocycles. The average molecular weight is 347 g/mol. The molecule has 1 unspecified atom stereocenters. The number of hydrogen-bond acceptors (Lipinski definition) is 3. The minimum Gasteiger partial charge on any atom is -0.380 e. The number of ether oxygens (including phenoxy) is 1. The first-order chi connectivity index (χ1) is 10.3. The van der Waals surface area contributed by atoms with Gasteiger partial charge in [-0.3, -0.25) is 0 Å². The van der Waals surface area contributed by atoms with Gasteiger partial charge in [-0.2, -0.15) is 0 Å². The second-order valence-corrected chi connectivity index (χ2v) is 6.86. The van der Waals surface area contributed by atoms with Crippen molar-refractivity contribution in [1.82, 2.24) is 4.98 Å². The molecule has 1 fully saturated rings. The Balaban J connectivity index is 1.71. The maximum atomic E-state index is 6.12. The molecule has 1 aliphatic carbocycles. The highest BCUT2D eigenvalue weighted by atomic mass is 79.9. The summed E-state index contributed by atoms with van der Waals surface area (Å²) >= 11 is 3.48. The standard InChI is InChI=1S/C17H19BrN2O/c18-14-9-8-13-16(20-14)17-12(7-4-10-21-17)15(19-13)11-5-2-1-3-6-11/h1-3,5,8-9,11-12,15,17,19H,4,6-7,10H2/t11?,12-,15-,17-/m0/s1. The summed E-state index contributed by atoms with van der Waals surface area (Å²) in [6, 6.07) is 4.56. The van der Waals surface area contributed by atoms with Crippen LogP contribution in [0.5, 0.6) is 0 Å². The van der Waals surface area contributed by atoms with Gasteiger partial charge in [0.25, 0.3) is 0 Å². The summed E-state index contributed by atoms with van der Waals surface area (Å²) < 4.78 is 7.00. The zero-order valence-electron chi connectivity index (χ0n) is 11.8. The molecule has 0 spiro atoms. The summed E-state index contributed by atoms with van der Waals surface area (Å²) in [4.78, 5) is 4.67. The first kappa shape index (κ1) is 13.5. The molecule has 0 saturated carbocycles. The fraction of sp³-hybridized carbons (Fsp3) is 0.471. The van der Waals surface area contributed by atoms with E-state index in [1.165, 1.54) is 6.42 Å². The van der Waals surface area contributed by atoms with Crippen molar-refractivity contribution >= 4 is 21.6 Å². The van der Waals surface area contributed by atoms with Gasteiger partial charge < -0.3 is 10.1 Å². The third-order valence-electron chi connectivity index (χ3n) is 4.79. The van der Waals surface area contributed by atoms with Crippen molar-refractivity contribution in [2.75, 3.05) is 11.9 Å². The largest absolute Gasteiger partial charge is 0.380 e. The molecule has 0 bridgehead atoms. The number of aromatic nitrogens is 1. The minimum atomic E-state index is 0.136. The number of anilines is 1. The van der Waals surface area contributed by atoms with E-state index in [-0.39, 0.29) is 6.10 Å². The summed E-state index contributed by atoms with van der Waals surface area (Å²) in [6.07, 6.45) is 12.5. The molecule has 2 aliphatic heterocycles. The Bertz CT molecular complexity index is 598. The first-order valence-corrected chi connectivity index (χ1v) is 8.50. The molecule has 3 aliphatic rings. The highest BCUT2D eigenvalue weighted by Gasteiger charge is 2.42. The predicted octanol–water partition coefficient (Wildman–Crippen LogP) is 4.24. The van der Waals surface area contributed by atoms with Crippen molar-refractivity contribution in [2.45, 2.75) is 31.4 Å². The van der Waals surface area contributed by atoms with Crippen LogP contribution in [0.1, 0.15) is 31.1 Å². The van der Waals surface area contributed by atoms with Crippen LogP contribution in [-0.4, -0.2) is 17.6 Å². The van der Waals surface area contributed by atoms with Gasteiger partial charge in [0.1, 0.15) is 10.7 Å². The van der Waals surface area contributed by atoms with Gasteiger partial charge >= 0.3 is 0 Å². The molecule has 1 N–H and O–H groups in total. The van der Waals surface area contributed by atoms with E-state index in [4.69, 9.17) is 4.74 Å². The Hall–Kier alpha value is -1.13. The van der Waals surface area contributed by atoms with Crippen LogP contribution in [0.4, 0.5) is 5.69 Å². The molecule has 4 atom stereocenters. The van der Waals surface area contributed by atoms with Gasteiger partial charge in [-0.1, -0.05) is 24.3 Å². The van der Waals surface area contributed by atoms with Gasteiger partial charge in [-0.15, -0.1) is 0 Å². The highest BCUT2D eigenvalue weighted by molar-refractivity contribution is 9.10. The summed E-state index contributed by atoms with van der Waals surface area (Å²) in [5.41, 5.74) is 2.20. The first-order valence-electron chi connectivity index (χ1n) is 7.71. The number of hydrogen-bond donors (Lipinski definition) is 1. The molecule has 1 aromatic rings. The molecule has 110 valence electrons. The lowest BCUT2D eigenvalue weighted by Gasteiger charge is -2.45. The fourth-order valence-corrected chi connectivity index (χ4v) is 4.14. The predicted molar refractivity (Wildman–Crippen MR) is 87.2 cm³/mol. The molecule has 21 heavy (non-hydrogen) atoms.